The van der Waals surface area contributed by atoms with Crippen LogP contribution in [0.15, 0.2) is 30.3 Å². The minimum Gasteiger partial charge on any atom is -0.496 e. The molecule has 0 unspecified atom stereocenters. The monoisotopic (exact) mass is 367 g/mol. The molecule has 0 amide bonds. The molecule has 4 nitrogen and oxygen atoms in total. The SMILES string of the molecule is COc1cc(C(F)(F)F)nc(OC)c1-c1cccc(OC(F)(F)F)c1. The highest BCUT2D eigenvalue weighted by Gasteiger charge is 2.35. The van der Waals surface area contributed by atoms with E-state index in [1.54, 1.807) is 0 Å². The number of benzene rings is 1. The Labute approximate surface area is 138 Å². The summed E-state index contributed by atoms with van der Waals surface area (Å²) in [5, 5.41) is 0. The van der Waals surface area contributed by atoms with Crippen molar-refractivity contribution in [2.45, 2.75) is 12.5 Å². The van der Waals surface area contributed by atoms with E-state index in [-0.39, 0.29) is 16.9 Å². The minimum absolute atomic E-state index is 0.0365. The molecule has 1 aromatic carbocycles. The molecule has 0 saturated carbocycles. The maximum Gasteiger partial charge on any atom is 0.573 e. The standard InChI is InChI=1S/C15H11F6NO3/c1-23-10-7-11(14(16,17)18)22-13(24-2)12(10)8-4-3-5-9(6-8)25-15(19,20)21/h3-7H,1-2H3. The molecule has 0 atom stereocenters. The summed E-state index contributed by atoms with van der Waals surface area (Å²) in [7, 11) is 2.20. The second kappa shape index (κ2) is 6.69. The van der Waals surface area contributed by atoms with Gasteiger partial charge in [-0.3, -0.25) is 0 Å². The Morgan fingerprint density at radius 2 is 1.60 bits per heavy atom. The molecule has 0 aliphatic rings. The van der Waals surface area contributed by atoms with E-state index in [1.165, 1.54) is 12.1 Å². The molecule has 0 aliphatic heterocycles. The van der Waals surface area contributed by atoms with Gasteiger partial charge in [-0.25, -0.2) is 4.98 Å². The van der Waals surface area contributed by atoms with Crippen LogP contribution >= 0.6 is 0 Å². The summed E-state index contributed by atoms with van der Waals surface area (Å²) in [6.45, 7) is 0. The Balaban J connectivity index is 2.60. The van der Waals surface area contributed by atoms with Crippen LogP contribution in [0.2, 0.25) is 0 Å². The highest BCUT2D eigenvalue weighted by atomic mass is 19.4. The number of aromatic nitrogens is 1. The van der Waals surface area contributed by atoms with Crippen molar-refractivity contribution in [3.63, 3.8) is 0 Å². The molecule has 2 aromatic rings. The van der Waals surface area contributed by atoms with Gasteiger partial charge in [0.2, 0.25) is 5.88 Å². The number of methoxy groups -OCH3 is 2. The van der Waals surface area contributed by atoms with Crippen molar-refractivity contribution in [3.05, 3.63) is 36.0 Å². The first-order chi connectivity index (χ1) is 11.5. The van der Waals surface area contributed by atoms with E-state index in [2.05, 4.69) is 9.72 Å². The summed E-state index contributed by atoms with van der Waals surface area (Å²) in [5.74, 6) is -1.26. The number of hydrogen-bond donors (Lipinski definition) is 0. The lowest BCUT2D eigenvalue weighted by atomic mass is 10.0. The third kappa shape index (κ3) is 4.46. The summed E-state index contributed by atoms with van der Waals surface area (Å²) in [5.41, 5.74) is -1.21. The van der Waals surface area contributed by atoms with Gasteiger partial charge in [0.25, 0.3) is 0 Å². The topological polar surface area (TPSA) is 40.6 Å². The molecule has 0 spiro atoms. The van der Waals surface area contributed by atoms with Gasteiger partial charge in [-0.2, -0.15) is 13.2 Å². The van der Waals surface area contributed by atoms with E-state index in [0.29, 0.717) is 6.07 Å². The molecule has 0 N–H and O–H groups in total. The number of halogens is 6. The van der Waals surface area contributed by atoms with Crippen molar-refractivity contribution in [2.24, 2.45) is 0 Å². The molecule has 10 heteroatoms. The van der Waals surface area contributed by atoms with Gasteiger partial charge in [-0.1, -0.05) is 12.1 Å². The number of rotatable bonds is 4. The smallest absolute Gasteiger partial charge is 0.496 e. The Morgan fingerprint density at radius 3 is 2.12 bits per heavy atom. The first-order valence-electron chi connectivity index (χ1n) is 6.61. The predicted molar refractivity (Wildman–Crippen MR) is 74.5 cm³/mol. The van der Waals surface area contributed by atoms with Crippen LogP contribution in [-0.4, -0.2) is 25.6 Å². The van der Waals surface area contributed by atoms with Gasteiger partial charge >= 0.3 is 12.5 Å². The number of alkyl halides is 6. The van der Waals surface area contributed by atoms with Gasteiger partial charge in [-0.05, 0) is 17.7 Å². The zero-order valence-corrected chi connectivity index (χ0v) is 12.8. The zero-order chi connectivity index (χ0) is 18.8. The third-order valence-corrected chi connectivity index (χ3v) is 3.01. The Morgan fingerprint density at radius 1 is 0.920 bits per heavy atom. The molecule has 136 valence electrons. The van der Waals surface area contributed by atoms with Crippen LogP contribution in [0, 0.1) is 0 Å². The molecule has 2 rings (SSSR count). The van der Waals surface area contributed by atoms with Gasteiger partial charge < -0.3 is 14.2 Å². The van der Waals surface area contributed by atoms with Crippen LogP contribution < -0.4 is 14.2 Å². The van der Waals surface area contributed by atoms with Crippen LogP contribution in [0.5, 0.6) is 17.4 Å². The lowest BCUT2D eigenvalue weighted by Crippen LogP contribution is -2.17. The molecular weight excluding hydrogens is 356 g/mol. The molecular formula is C15H11F6NO3. The minimum atomic E-state index is -4.91. The van der Waals surface area contributed by atoms with Crippen molar-refractivity contribution < 1.29 is 40.6 Å². The van der Waals surface area contributed by atoms with E-state index >= 15 is 0 Å². The van der Waals surface area contributed by atoms with Crippen LogP contribution in [0.3, 0.4) is 0 Å². The summed E-state index contributed by atoms with van der Waals surface area (Å²) in [4.78, 5) is 3.36. The fourth-order valence-electron chi connectivity index (χ4n) is 2.07. The fraction of sp³-hybridized carbons (Fsp3) is 0.267. The lowest BCUT2D eigenvalue weighted by molar-refractivity contribution is -0.274. The molecule has 0 saturated heterocycles. The molecule has 1 aromatic heterocycles. The van der Waals surface area contributed by atoms with E-state index < -0.39 is 29.9 Å². The van der Waals surface area contributed by atoms with Crippen LogP contribution in [0.1, 0.15) is 5.69 Å². The van der Waals surface area contributed by atoms with E-state index in [1.807, 2.05) is 0 Å². The van der Waals surface area contributed by atoms with Crippen molar-refractivity contribution in [1.29, 1.82) is 0 Å². The van der Waals surface area contributed by atoms with E-state index in [4.69, 9.17) is 9.47 Å². The summed E-state index contributed by atoms with van der Waals surface area (Å²) >= 11 is 0. The van der Waals surface area contributed by atoms with Crippen molar-refractivity contribution >= 4 is 0 Å². The number of ether oxygens (including phenoxy) is 3. The zero-order valence-electron chi connectivity index (χ0n) is 12.8. The van der Waals surface area contributed by atoms with Crippen LogP contribution in [0.25, 0.3) is 11.1 Å². The second-order valence-corrected chi connectivity index (χ2v) is 4.67. The Hall–Kier alpha value is -2.65. The maximum absolute atomic E-state index is 12.9. The van der Waals surface area contributed by atoms with Gasteiger partial charge in [-0.15, -0.1) is 13.2 Å². The molecule has 25 heavy (non-hydrogen) atoms. The summed E-state index contributed by atoms with van der Waals surface area (Å²) in [6.07, 6.45) is -9.66. The van der Waals surface area contributed by atoms with Crippen molar-refractivity contribution in [1.82, 2.24) is 4.98 Å². The molecule has 1 heterocycles. The Bertz CT molecular complexity index is 733. The lowest BCUT2D eigenvalue weighted by Gasteiger charge is -2.16. The largest absolute Gasteiger partial charge is 0.573 e. The first-order valence-corrected chi connectivity index (χ1v) is 6.61. The summed E-state index contributed by atoms with van der Waals surface area (Å²) in [6, 6.07) is 5.27. The van der Waals surface area contributed by atoms with Crippen LogP contribution in [0.4, 0.5) is 26.3 Å². The molecule has 0 bridgehead atoms. The van der Waals surface area contributed by atoms with Gasteiger partial charge in [0.1, 0.15) is 11.5 Å². The van der Waals surface area contributed by atoms with Gasteiger partial charge in [0.15, 0.2) is 5.69 Å². The molecule has 0 radical (unpaired) electrons. The number of hydrogen-bond acceptors (Lipinski definition) is 4. The molecule has 0 fully saturated rings. The highest BCUT2D eigenvalue weighted by molar-refractivity contribution is 5.76. The average molecular weight is 367 g/mol. The first kappa shape index (κ1) is 18.7. The fourth-order valence-corrected chi connectivity index (χ4v) is 2.07. The number of pyridine rings is 1. The van der Waals surface area contributed by atoms with Crippen LogP contribution in [-0.2, 0) is 6.18 Å². The van der Waals surface area contributed by atoms with Gasteiger partial charge in [0.05, 0.1) is 19.8 Å². The quantitative estimate of drug-likeness (QED) is 0.736. The van der Waals surface area contributed by atoms with Crippen molar-refractivity contribution in [2.75, 3.05) is 14.2 Å². The Kier molecular flexibility index (Phi) is 5.00. The normalized spacial score (nSPS) is 12.0. The second-order valence-electron chi connectivity index (χ2n) is 4.67. The number of nitrogens with zero attached hydrogens (tertiary/aromatic N) is 1. The van der Waals surface area contributed by atoms with Crippen molar-refractivity contribution in [3.8, 4) is 28.5 Å². The summed E-state index contributed by atoms with van der Waals surface area (Å²) < 4.78 is 89.3. The van der Waals surface area contributed by atoms with E-state index in [0.717, 1.165) is 26.4 Å². The maximum atomic E-state index is 12.9. The third-order valence-electron chi connectivity index (χ3n) is 3.01. The highest BCUT2D eigenvalue weighted by Crippen LogP contribution is 2.42. The average Bonchev–Trinajstić information content (AvgIpc) is 2.51. The molecule has 0 aliphatic carbocycles. The van der Waals surface area contributed by atoms with Gasteiger partial charge in [0, 0.05) is 6.07 Å². The van der Waals surface area contributed by atoms with E-state index in [9.17, 15) is 26.3 Å². The predicted octanol–water partition coefficient (Wildman–Crippen LogP) is 4.68.